The van der Waals surface area contributed by atoms with Crippen LogP contribution in [0.5, 0.6) is 0 Å². The Balaban J connectivity index is 3.06. The SMILES string of the molecule is CC=CC(=O)OCCCCCCCCCCCCCCC[SiH2]C(F)F. The van der Waals surface area contributed by atoms with Crippen LogP contribution in [0.1, 0.15) is 90.4 Å². The Morgan fingerprint density at radius 1 is 0.840 bits per heavy atom. The van der Waals surface area contributed by atoms with Crippen LogP contribution < -0.4 is 0 Å². The summed E-state index contributed by atoms with van der Waals surface area (Å²) < 4.78 is 29.1. The van der Waals surface area contributed by atoms with Gasteiger partial charge in [0.1, 0.15) is 9.52 Å². The van der Waals surface area contributed by atoms with Crippen molar-refractivity contribution in [2.45, 2.75) is 102 Å². The second kappa shape index (κ2) is 19.6. The van der Waals surface area contributed by atoms with Crippen molar-refractivity contribution in [3.05, 3.63) is 12.2 Å². The number of hydrogen-bond donors (Lipinski definition) is 0. The van der Waals surface area contributed by atoms with E-state index in [4.69, 9.17) is 4.74 Å². The van der Waals surface area contributed by atoms with Crippen molar-refractivity contribution in [1.29, 1.82) is 0 Å². The summed E-state index contributed by atoms with van der Waals surface area (Å²) in [7, 11) is -1.08. The summed E-state index contributed by atoms with van der Waals surface area (Å²) in [5, 5.41) is 0. The zero-order valence-corrected chi connectivity index (χ0v) is 17.5. The fraction of sp³-hybridized carbons (Fsp3) is 0.850. The maximum absolute atomic E-state index is 12.0. The highest BCUT2D eigenvalue weighted by Gasteiger charge is 2.02. The van der Waals surface area contributed by atoms with Crippen molar-refractivity contribution >= 4 is 15.5 Å². The minimum absolute atomic E-state index is 0.238. The number of hydrogen-bond acceptors (Lipinski definition) is 2. The minimum atomic E-state index is -1.99. The average Bonchev–Trinajstić information content (AvgIpc) is 2.57. The van der Waals surface area contributed by atoms with E-state index in [1.54, 1.807) is 6.08 Å². The lowest BCUT2D eigenvalue weighted by Crippen LogP contribution is -2.02. The third kappa shape index (κ3) is 21.2. The van der Waals surface area contributed by atoms with E-state index in [2.05, 4.69) is 0 Å². The molecule has 0 unspecified atom stereocenters. The molecule has 0 aromatic rings. The molecule has 0 spiro atoms. The molecular formula is C20H38F2O2Si. The van der Waals surface area contributed by atoms with Crippen LogP contribution >= 0.6 is 0 Å². The Kier molecular flexibility index (Phi) is 19.1. The van der Waals surface area contributed by atoms with Gasteiger partial charge in [-0.05, 0) is 13.3 Å². The lowest BCUT2D eigenvalue weighted by Gasteiger charge is -2.04. The summed E-state index contributed by atoms with van der Waals surface area (Å²) in [5.41, 5.74) is 0. The number of carbonyl (C=O) groups is 1. The fourth-order valence-corrected chi connectivity index (χ4v) is 3.83. The van der Waals surface area contributed by atoms with Crippen LogP contribution in [0.2, 0.25) is 6.04 Å². The molecule has 0 bridgehead atoms. The molecule has 0 aromatic heterocycles. The van der Waals surface area contributed by atoms with E-state index >= 15 is 0 Å². The van der Waals surface area contributed by atoms with Gasteiger partial charge in [-0.25, -0.2) is 13.6 Å². The Morgan fingerprint density at radius 2 is 1.28 bits per heavy atom. The van der Waals surface area contributed by atoms with Gasteiger partial charge in [0, 0.05) is 6.08 Å². The van der Waals surface area contributed by atoms with Crippen molar-refractivity contribution in [2.75, 3.05) is 6.61 Å². The van der Waals surface area contributed by atoms with Gasteiger partial charge in [-0.2, -0.15) is 0 Å². The summed E-state index contributed by atoms with van der Waals surface area (Å²) in [6, 6.07) is -1.17. The van der Waals surface area contributed by atoms with Gasteiger partial charge < -0.3 is 4.74 Å². The molecule has 0 rings (SSSR count). The molecule has 2 nitrogen and oxygen atoms in total. The highest BCUT2D eigenvalue weighted by molar-refractivity contribution is 6.36. The van der Waals surface area contributed by atoms with Crippen molar-refractivity contribution in [3.63, 3.8) is 0 Å². The third-order valence-corrected chi connectivity index (χ3v) is 5.71. The molecule has 0 atom stereocenters. The van der Waals surface area contributed by atoms with Gasteiger partial charge in [-0.3, -0.25) is 0 Å². The van der Waals surface area contributed by atoms with Gasteiger partial charge in [0.15, 0.2) is 0 Å². The van der Waals surface area contributed by atoms with Gasteiger partial charge in [-0.1, -0.05) is 89.2 Å². The first-order chi connectivity index (χ1) is 12.2. The third-order valence-electron chi connectivity index (χ3n) is 4.36. The maximum atomic E-state index is 12.0. The predicted octanol–water partition coefficient (Wildman–Crippen LogP) is 5.99. The number of halogens is 2. The Bertz CT molecular complexity index is 323. The highest BCUT2D eigenvalue weighted by Crippen LogP contribution is 2.13. The van der Waals surface area contributed by atoms with E-state index in [0.29, 0.717) is 6.61 Å². The molecule has 0 N–H and O–H groups in total. The molecule has 5 heteroatoms. The smallest absolute Gasteiger partial charge is 0.330 e. The van der Waals surface area contributed by atoms with Crippen LogP contribution in [0.25, 0.3) is 0 Å². The van der Waals surface area contributed by atoms with E-state index < -0.39 is 15.6 Å². The summed E-state index contributed by atoms with van der Waals surface area (Å²) in [6.45, 7) is 2.34. The molecule has 0 saturated carbocycles. The Labute approximate surface area is 155 Å². The molecule has 148 valence electrons. The molecule has 0 saturated heterocycles. The molecule has 25 heavy (non-hydrogen) atoms. The summed E-state index contributed by atoms with van der Waals surface area (Å²) in [5.74, 6) is -0.238. The van der Waals surface area contributed by atoms with Gasteiger partial charge in [0.05, 0.1) is 6.61 Å². The number of unbranched alkanes of at least 4 members (excludes halogenated alkanes) is 12. The van der Waals surface area contributed by atoms with Crippen LogP contribution in [0, 0.1) is 0 Å². The number of alkyl halides is 2. The second-order valence-electron chi connectivity index (χ2n) is 6.80. The van der Waals surface area contributed by atoms with E-state index in [-0.39, 0.29) is 5.97 Å². The number of carbonyl (C=O) groups excluding carboxylic acids is 1. The summed E-state index contributed by atoms with van der Waals surface area (Å²) in [6.07, 6.45) is 18.9. The zero-order valence-electron chi connectivity index (χ0n) is 16.1. The van der Waals surface area contributed by atoms with E-state index in [9.17, 15) is 13.6 Å². The van der Waals surface area contributed by atoms with Gasteiger partial charge in [0.2, 0.25) is 6.05 Å². The van der Waals surface area contributed by atoms with Crippen LogP contribution in [0.15, 0.2) is 12.2 Å². The fourth-order valence-electron chi connectivity index (χ4n) is 2.88. The van der Waals surface area contributed by atoms with Gasteiger partial charge >= 0.3 is 5.97 Å². The second-order valence-corrected chi connectivity index (χ2v) is 8.70. The van der Waals surface area contributed by atoms with E-state index in [1.807, 2.05) is 6.92 Å². The lowest BCUT2D eigenvalue weighted by molar-refractivity contribution is -0.137. The standard InChI is InChI=1S/C20H38F2O2Si/c1-2-16-19(23)24-17-14-12-10-8-6-4-3-5-7-9-11-13-15-18-25-20(21)22/h2,16,20H,3-15,17-18,25H2,1H3. The quantitative estimate of drug-likeness (QED) is 0.127. The first-order valence-corrected chi connectivity index (χ1v) is 12.1. The normalized spacial score (nSPS) is 12.0. The number of esters is 1. The molecule has 0 aliphatic carbocycles. The zero-order chi connectivity index (χ0) is 18.6. The van der Waals surface area contributed by atoms with Crippen LogP contribution in [-0.2, 0) is 9.53 Å². The maximum Gasteiger partial charge on any atom is 0.330 e. The molecule has 0 aliphatic heterocycles. The molecule has 0 aliphatic rings. The Hall–Kier alpha value is -0.713. The lowest BCUT2D eigenvalue weighted by atomic mass is 10.0. The number of allylic oxidation sites excluding steroid dienone is 1. The predicted molar refractivity (Wildman–Crippen MR) is 105 cm³/mol. The monoisotopic (exact) mass is 376 g/mol. The molecule has 0 radical (unpaired) electrons. The molecule has 0 heterocycles. The van der Waals surface area contributed by atoms with Crippen molar-refractivity contribution < 1.29 is 18.3 Å². The average molecular weight is 377 g/mol. The molecule has 0 fully saturated rings. The van der Waals surface area contributed by atoms with Gasteiger partial charge in [-0.15, -0.1) is 0 Å². The topological polar surface area (TPSA) is 26.3 Å². The first kappa shape index (κ1) is 24.3. The van der Waals surface area contributed by atoms with Crippen LogP contribution in [0.4, 0.5) is 8.78 Å². The van der Waals surface area contributed by atoms with Crippen molar-refractivity contribution in [2.24, 2.45) is 0 Å². The Morgan fingerprint density at radius 3 is 1.72 bits per heavy atom. The molecule has 0 aromatic carbocycles. The minimum Gasteiger partial charge on any atom is -0.463 e. The number of rotatable bonds is 18. The van der Waals surface area contributed by atoms with Crippen molar-refractivity contribution in [1.82, 2.24) is 0 Å². The van der Waals surface area contributed by atoms with E-state index in [0.717, 1.165) is 31.7 Å². The summed E-state index contributed by atoms with van der Waals surface area (Å²) >= 11 is 0. The molecule has 0 amide bonds. The largest absolute Gasteiger partial charge is 0.463 e. The number of ether oxygens (including phenoxy) is 1. The van der Waals surface area contributed by atoms with Crippen LogP contribution in [0.3, 0.4) is 0 Å². The van der Waals surface area contributed by atoms with E-state index in [1.165, 1.54) is 63.9 Å². The van der Waals surface area contributed by atoms with Crippen molar-refractivity contribution in [3.8, 4) is 0 Å². The highest BCUT2D eigenvalue weighted by atomic mass is 28.2. The summed E-state index contributed by atoms with van der Waals surface area (Å²) in [4.78, 5) is 11.1. The van der Waals surface area contributed by atoms with Gasteiger partial charge in [0.25, 0.3) is 0 Å². The first-order valence-electron chi connectivity index (χ1n) is 10.2. The van der Waals surface area contributed by atoms with Crippen LogP contribution in [-0.4, -0.2) is 28.1 Å². The molecular weight excluding hydrogens is 338 g/mol.